The van der Waals surface area contributed by atoms with Crippen LogP contribution >= 0.6 is 11.6 Å². The number of alkyl halides is 4. The fraction of sp³-hybridized carbons (Fsp3) is 0.556. The molecular formula is C9H11ClF3NO3S. The predicted molar refractivity (Wildman–Crippen MR) is 58.8 cm³/mol. The largest absolute Gasteiger partial charge is 0.447 e. The number of hydrogen-bond donors (Lipinski definition) is 0. The average molecular weight is 306 g/mol. The number of sulfonamides is 1. The molecule has 0 amide bonds. The molecule has 1 aromatic rings. The maximum absolute atomic E-state index is 12.3. The van der Waals surface area contributed by atoms with Gasteiger partial charge in [0.15, 0.2) is 0 Å². The van der Waals surface area contributed by atoms with Crippen LogP contribution < -0.4 is 0 Å². The number of nitrogens with zero attached hydrogens (tertiary/aromatic N) is 1. The monoisotopic (exact) mass is 305 g/mol. The van der Waals surface area contributed by atoms with Crippen molar-refractivity contribution in [3.8, 4) is 0 Å². The molecule has 0 aliphatic heterocycles. The summed E-state index contributed by atoms with van der Waals surface area (Å²) in [4.78, 5) is 0. The predicted octanol–water partition coefficient (Wildman–Crippen LogP) is 2.59. The fourth-order valence-electron chi connectivity index (χ4n) is 1.26. The SMILES string of the molecule is CCN(CC(F)(F)F)S(=O)(=O)c1ccc(CCl)o1. The van der Waals surface area contributed by atoms with E-state index in [1.54, 1.807) is 0 Å². The first-order valence-corrected chi connectivity index (χ1v) is 6.89. The van der Waals surface area contributed by atoms with Gasteiger partial charge in [0, 0.05) is 6.54 Å². The Morgan fingerprint density at radius 3 is 2.39 bits per heavy atom. The quantitative estimate of drug-likeness (QED) is 0.786. The second-order valence-electron chi connectivity index (χ2n) is 3.40. The minimum absolute atomic E-state index is 0.0546. The van der Waals surface area contributed by atoms with E-state index in [-0.39, 0.29) is 18.2 Å². The van der Waals surface area contributed by atoms with Gasteiger partial charge in [0.25, 0.3) is 10.0 Å². The van der Waals surface area contributed by atoms with Gasteiger partial charge in [-0.2, -0.15) is 17.5 Å². The maximum atomic E-state index is 12.3. The fourth-order valence-corrected chi connectivity index (χ4v) is 2.77. The summed E-state index contributed by atoms with van der Waals surface area (Å²) in [5, 5.41) is -0.538. The number of furan rings is 1. The number of halogens is 4. The Kier molecular flexibility index (Phi) is 4.68. The highest BCUT2D eigenvalue weighted by Gasteiger charge is 2.37. The van der Waals surface area contributed by atoms with Crippen LogP contribution in [0.3, 0.4) is 0 Å². The summed E-state index contributed by atoms with van der Waals surface area (Å²) in [5.74, 6) is 0.124. The third-order valence-electron chi connectivity index (χ3n) is 2.07. The molecule has 0 aliphatic rings. The molecule has 0 saturated carbocycles. The van der Waals surface area contributed by atoms with Gasteiger partial charge >= 0.3 is 6.18 Å². The van der Waals surface area contributed by atoms with Crippen molar-refractivity contribution in [2.45, 2.75) is 24.1 Å². The second-order valence-corrected chi connectivity index (χ2v) is 5.54. The molecule has 0 aromatic carbocycles. The molecule has 0 atom stereocenters. The molecule has 0 saturated heterocycles. The molecule has 0 spiro atoms. The summed E-state index contributed by atoms with van der Waals surface area (Å²) in [5.41, 5.74) is 0. The molecule has 0 N–H and O–H groups in total. The summed E-state index contributed by atoms with van der Waals surface area (Å²) < 4.78 is 65.6. The zero-order valence-electron chi connectivity index (χ0n) is 9.37. The first-order valence-electron chi connectivity index (χ1n) is 4.92. The standard InChI is InChI=1S/C9H11ClF3NO3S/c1-2-14(6-9(11,12)13)18(15,16)8-4-3-7(5-10)17-8/h3-4H,2,5-6H2,1H3. The minimum atomic E-state index is -4.61. The Labute approximate surface area is 107 Å². The zero-order valence-corrected chi connectivity index (χ0v) is 10.9. The van der Waals surface area contributed by atoms with Crippen LogP contribution in [0.1, 0.15) is 12.7 Å². The van der Waals surface area contributed by atoms with Gasteiger partial charge in [-0.3, -0.25) is 0 Å². The summed E-state index contributed by atoms with van der Waals surface area (Å²) in [6.07, 6.45) is -4.61. The van der Waals surface area contributed by atoms with Crippen LogP contribution in [0.2, 0.25) is 0 Å². The van der Waals surface area contributed by atoms with Crippen LogP contribution in [-0.2, 0) is 15.9 Å². The lowest BCUT2D eigenvalue weighted by molar-refractivity contribution is -0.135. The highest BCUT2D eigenvalue weighted by Crippen LogP contribution is 2.24. The lowest BCUT2D eigenvalue weighted by Gasteiger charge is -2.20. The average Bonchev–Trinajstić information content (AvgIpc) is 2.73. The highest BCUT2D eigenvalue weighted by atomic mass is 35.5. The zero-order chi connectivity index (χ0) is 14.0. The Morgan fingerprint density at radius 1 is 1.39 bits per heavy atom. The first kappa shape index (κ1) is 15.3. The van der Waals surface area contributed by atoms with Crippen LogP contribution in [0.25, 0.3) is 0 Å². The Hall–Kier alpha value is -0.730. The lowest BCUT2D eigenvalue weighted by Crippen LogP contribution is -2.38. The van der Waals surface area contributed by atoms with E-state index in [1.807, 2.05) is 0 Å². The molecule has 0 aliphatic carbocycles. The maximum Gasteiger partial charge on any atom is 0.402 e. The highest BCUT2D eigenvalue weighted by molar-refractivity contribution is 7.89. The second kappa shape index (κ2) is 5.50. The lowest BCUT2D eigenvalue weighted by atomic mass is 10.5. The molecule has 0 unspecified atom stereocenters. The van der Waals surface area contributed by atoms with Crippen molar-refractivity contribution in [1.82, 2.24) is 4.31 Å². The topological polar surface area (TPSA) is 50.5 Å². The summed E-state index contributed by atoms with van der Waals surface area (Å²) in [6.45, 7) is -0.545. The van der Waals surface area contributed by atoms with E-state index < -0.39 is 27.8 Å². The summed E-state index contributed by atoms with van der Waals surface area (Å²) >= 11 is 5.43. The smallest absolute Gasteiger partial charge is 0.402 e. The molecule has 1 heterocycles. The molecule has 9 heteroatoms. The van der Waals surface area contributed by atoms with Gasteiger partial charge < -0.3 is 4.42 Å². The van der Waals surface area contributed by atoms with Crippen molar-refractivity contribution in [3.05, 3.63) is 17.9 Å². The third-order valence-corrected chi connectivity index (χ3v) is 4.13. The van der Waals surface area contributed by atoms with Gasteiger partial charge in [-0.15, -0.1) is 11.6 Å². The van der Waals surface area contributed by atoms with E-state index >= 15 is 0 Å². The van der Waals surface area contributed by atoms with Gasteiger partial charge in [0.1, 0.15) is 12.3 Å². The van der Waals surface area contributed by atoms with Crippen LogP contribution in [0.4, 0.5) is 13.2 Å². The Balaban J connectivity index is 3.03. The Bertz CT molecular complexity index is 497. The number of hydrogen-bond acceptors (Lipinski definition) is 3. The van der Waals surface area contributed by atoms with Crippen molar-refractivity contribution >= 4 is 21.6 Å². The molecular weight excluding hydrogens is 295 g/mol. The molecule has 0 fully saturated rings. The van der Waals surface area contributed by atoms with Crippen molar-refractivity contribution in [3.63, 3.8) is 0 Å². The van der Waals surface area contributed by atoms with Gasteiger partial charge in [0.2, 0.25) is 5.09 Å². The van der Waals surface area contributed by atoms with Crippen LogP contribution in [0.5, 0.6) is 0 Å². The van der Waals surface area contributed by atoms with Crippen LogP contribution in [-0.4, -0.2) is 32.0 Å². The molecule has 1 aromatic heterocycles. The first-order chi connectivity index (χ1) is 8.20. The van der Waals surface area contributed by atoms with Crippen LogP contribution in [0, 0.1) is 0 Å². The van der Waals surface area contributed by atoms with E-state index in [9.17, 15) is 21.6 Å². The summed E-state index contributed by atoms with van der Waals surface area (Å²) in [7, 11) is -4.29. The summed E-state index contributed by atoms with van der Waals surface area (Å²) in [6, 6.07) is 2.40. The number of rotatable bonds is 5. The molecule has 0 bridgehead atoms. The molecule has 104 valence electrons. The van der Waals surface area contributed by atoms with Crippen molar-refractivity contribution in [1.29, 1.82) is 0 Å². The van der Waals surface area contributed by atoms with Gasteiger partial charge in [-0.25, -0.2) is 8.42 Å². The normalized spacial score (nSPS) is 13.2. The molecule has 1 rings (SSSR count). The molecule has 4 nitrogen and oxygen atoms in total. The van der Waals surface area contributed by atoms with Crippen molar-refractivity contribution in [2.24, 2.45) is 0 Å². The van der Waals surface area contributed by atoms with Gasteiger partial charge in [-0.05, 0) is 12.1 Å². The van der Waals surface area contributed by atoms with E-state index in [4.69, 9.17) is 16.0 Å². The van der Waals surface area contributed by atoms with E-state index in [1.165, 1.54) is 13.0 Å². The molecule has 18 heavy (non-hydrogen) atoms. The molecule has 0 radical (unpaired) electrons. The van der Waals surface area contributed by atoms with E-state index in [0.29, 0.717) is 4.31 Å². The van der Waals surface area contributed by atoms with Crippen molar-refractivity contribution in [2.75, 3.05) is 13.1 Å². The van der Waals surface area contributed by atoms with Crippen LogP contribution in [0.15, 0.2) is 21.6 Å². The minimum Gasteiger partial charge on any atom is -0.447 e. The van der Waals surface area contributed by atoms with E-state index in [0.717, 1.165) is 6.07 Å². The van der Waals surface area contributed by atoms with Gasteiger partial charge in [0.05, 0.1) is 5.88 Å². The van der Waals surface area contributed by atoms with E-state index in [2.05, 4.69) is 0 Å². The third kappa shape index (κ3) is 3.63. The van der Waals surface area contributed by atoms with Gasteiger partial charge in [-0.1, -0.05) is 6.92 Å². The van der Waals surface area contributed by atoms with Crippen molar-refractivity contribution < 1.29 is 26.0 Å². The Morgan fingerprint density at radius 2 is 2.00 bits per heavy atom.